The highest BCUT2D eigenvalue weighted by molar-refractivity contribution is 6.31. The van der Waals surface area contributed by atoms with E-state index in [0.717, 1.165) is 27.6 Å². The smallest absolute Gasteiger partial charge is 0.105 e. The summed E-state index contributed by atoms with van der Waals surface area (Å²) in [6.07, 6.45) is 1.04. The van der Waals surface area contributed by atoms with Crippen molar-refractivity contribution in [3.05, 3.63) is 76.4 Å². The molecule has 0 aliphatic carbocycles. The van der Waals surface area contributed by atoms with Gasteiger partial charge in [0.2, 0.25) is 0 Å². The number of aliphatic hydroxyl groups excluding tert-OH is 1. The van der Waals surface area contributed by atoms with Crippen molar-refractivity contribution in [3.8, 4) is 0 Å². The number of aliphatic hydroxyl groups is 1. The second-order valence-corrected chi connectivity index (χ2v) is 5.24. The Labute approximate surface area is 122 Å². The van der Waals surface area contributed by atoms with Crippen LogP contribution >= 0.6 is 11.6 Å². The number of rotatable bonds is 2. The number of hydrogen-bond acceptors (Lipinski definition) is 2. The first-order valence-corrected chi connectivity index (χ1v) is 6.82. The SMILES string of the molecule is Cc1ccc(C(O)c2cccc3ncccc23)cc1Cl. The summed E-state index contributed by atoms with van der Waals surface area (Å²) in [6.45, 7) is 1.94. The lowest BCUT2D eigenvalue weighted by molar-refractivity contribution is 0.222. The first-order chi connectivity index (χ1) is 9.66. The first kappa shape index (κ1) is 13.1. The number of benzene rings is 2. The average Bonchev–Trinajstić information content (AvgIpc) is 2.49. The van der Waals surface area contributed by atoms with Gasteiger partial charge in [0, 0.05) is 16.6 Å². The molecule has 0 aliphatic heterocycles. The van der Waals surface area contributed by atoms with Crippen LogP contribution in [0.1, 0.15) is 22.8 Å². The molecule has 0 spiro atoms. The van der Waals surface area contributed by atoms with Crippen molar-refractivity contribution in [2.45, 2.75) is 13.0 Å². The summed E-state index contributed by atoms with van der Waals surface area (Å²) in [5.74, 6) is 0. The Morgan fingerprint density at radius 2 is 1.95 bits per heavy atom. The molecule has 2 aromatic carbocycles. The lowest BCUT2D eigenvalue weighted by Crippen LogP contribution is -2.01. The highest BCUT2D eigenvalue weighted by Gasteiger charge is 2.14. The zero-order chi connectivity index (χ0) is 14.1. The molecule has 100 valence electrons. The molecule has 0 amide bonds. The number of aryl methyl sites for hydroxylation is 1. The van der Waals surface area contributed by atoms with E-state index in [1.54, 1.807) is 6.20 Å². The van der Waals surface area contributed by atoms with Gasteiger partial charge in [-0.05, 0) is 41.8 Å². The maximum Gasteiger partial charge on any atom is 0.105 e. The van der Waals surface area contributed by atoms with Crippen LogP contribution in [0.2, 0.25) is 5.02 Å². The van der Waals surface area contributed by atoms with Crippen LogP contribution in [0.4, 0.5) is 0 Å². The Bertz CT molecular complexity index is 765. The summed E-state index contributed by atoms with van der Waals surface area (Å²) in [4.78, 5) is 4.31. The van der Waals surface area contributed by atoms with Gasteiger partial charge in [-0.2, -0.15) is 0 Å². The average molecular weight is 284 g/mol. The van der Waals surface area contributed by atoms with E-state index in [9.17, 15) is 5.11 Å². The van der Waals surface area contributed by atoms with E-state index in [2.05, 4.69) is 4.98 Å². The Morgan fingerprint density at radius 1 is 1.10 bits per heavy atom. The van der Waals surface area contributed by atoms with Crippen molar-refractivity contribution in [2.75, 3.05) is 0 Å². The quantitative estimate of drug-likeness (QED) is 0.761. The predicted molar refractivity (Wildman–Crippen MR) is 82.0 cm³/mol. The van der Waals surface area contributed by atoms with E-state index in [1.807, 2.05) is 55.5 Å². The monoisotopic (exact) mass is 283 g/mol. The Balaban J connectivity index is 2.12. The molecule has 1 unspecified atom stereocenters. The van der Waals surface area contributed by atoms with Gasteiger partial charge in [0.05, 0.1) is 5.52 Å². The second-order valence-electron chi connectivity index (χ2n) is 4.83. The first-order valence-electron chi connectivity index (χ1n) is 6.44. The molecule has 3 heteroatoms. The summed E-state index contributed by atoms with van der Waals surface area (Å²) >= 11 is 6.14. The summed E-state index contributed by atoms with van der Waals surface area (Å²) in [5.41, 5.74) is 3.51. The molecular weight excluding hydrogens is 270 g/mol. The van der Waals surface area contributed by atoms with Crippen LogP contribution in [0.5, 0.6) is 0 Å². The molecule has 0 aliphatic rings. The van der Waals surface area contributed by atoms with E-state index in [1.165, 1.54) is 0 Å². The van der Waals surface area contributed by atoms with Crippen molar-refractivity contribution in [1.82, 2.24) is 4.98 Å². The maximum absolute atomic E-state index is 10.6. The maximum atomic E-state index is 10.6. The summed E-state index contributed by atoms with van der Waals surface area (Å²) in [7, 11) is 0. The predicted octanol–water partition coefficient (Wildman–Crippen LogP) is 4.28. The largest absolute Gasteiger partial charge is 0.384 e. The minimum Gasteiger partial charge on any atom is -0.384 e. The molecule has 0 saturated carbocycles. The van der Waals surface area contributed by atoms with Gasteiger partial charge in [-0.3, -0.25) is 4.98 Å². The van der Waals surface area contributed by atoms with Gasteiger partial charge in [-0.25, -0.2) is 0 Å². The molecule has 3 aromatic rings. The van der Waals surface area contributed by atoms with Crippen molar-refractivity contribution in [2.24, 2.45) is 0 Å². The molecule has 1 aromatic heterocycles. The van der Waals surface area contributed by atoms with Crippen molar-refractivity contribution in [3.63, 3.8) is 0 Å². The fourth-order valence-corrected chi connectivity index (χ4v) is 2.51. The van der Waals surface area contributed by atoms with Crippen molar-refractivity contribution < 1.29 is 5.11 Å². The number of hydrogen-bond donors (Lipinski definition) is 1. The lowest BCUT2D eigenvalue weighted by Gasteiger charge is -2.14. The zero-order valence-corrected chi connectivity index (χ0v) is 11.8. The van der Waals surface area contributed by atoms with Crippen LogP contribution < -0.4 is 0 Å². The molecular formula is C17H14ClNO. The van der Waals surface area contributed by atoms with E-state index in [4.69, 9.17) is 11.6 Å². The summed E-state index contributed by atoms with van der Waals surface area (Å²) in [6, 6.07) is 15.2. The minimum atomic E-state index is -0.707. The highest BCUT2D eigenvalue weighted by atomic mass is 35.5. The topological polar surface area (TPSA) is 33.1 Å². The van der Waals surface area contributed by atoms with Crippen LogP contribution in [0.15, 0.2) is 54.7 Å². The summed E-state index contributed by atoms with van der Waals surface area (Å²) < 4.78 is 0. The van der Waals surface area contributed by atoms with Crippen LogP contribution in [0.25, 0.3) is 10.9 Å². The third-order valence-corrected chi connectivity index (χ3v) is 3.89. The highest BCUT2D eigenvalue weighted by Crippen LogP contribution is 2.30. The van der Waals surface area contributed by atoms with E-state index in [0.29, 0.717) is 5.02 Å². The fourth-order valence-electron chi connectivity index (χ4n) is 2.32. The molecule has 0 saturated heterocycles. The van der Waals surface area contributed by atoms with Crippen LogP contribution in [0, 0.1) is 6.92 Å². The minimum absolute atomic E-state index is 0.667. The van der Waals surface area contributed by atoms with E-state index >= 15 is 0 Å². The van der Waals surface area contributed by atoms with Gasteiger partial charge >= 0.3 is 0 Å². The number of aromatic nitrogens is 1. The van der Waals surface area contributed by atoms with Gasteiger partial charge in [0.1, 0.15) is 6.10 Å². The van der Waals surface area contributed by atoms with Gasteiger partial charge in [0.15, 0.2) is 0 Å². The van der Waals surface area contributed by atoms with Gasteiger partial charge in [-0.1, -0.05) is 41.9 Å². The molecule has 1 N–H and O–H groups in total. The molecule has 0 radical (unpaired) electrons. The molecule has 1 heterocycles. The van der Waals surface area contributed by atoms with E-state index in [-0.39, 0.29) is 0 Å². The zero-order valence-electron chi connectivity index (χ0n) is 11.0. The van der Waals surface area contributed by atoms with Crippen LogP contribution in [0.3, 0.4) is 0 Å². The van der Waals surface area contributed by atoms with Gasteiger partial charge < -0.3 is 5.11 Å². The van der Waals surface area contributed by atoms with Gasteiger partial charge in [0.25, 0.3) is 0 Å². The number of pyridine rings is 1. The van der Waals surface area contributed by atoms with Crippen LogP contribution in [-0.4, -0.2) is 10.1 Å². The lowest BCUT2D eigenvalue weighted by atomic mass is 9.97. The standard InChI is InChI=1S/C17H14ClNO/c1-11-7-8-12(10-15(11)18)17(20)14-4-2-6-16-13(14)5-3-9-19-16/h2-10,17,20H,1H3. The molecule has 0 fully saturated rings. The number of fused-ring (bicyclic) bond motifs is 1. The third kappa shape index (κ3) is 2.28. The molecule has 0 bridgehead atoms. The van der Waals surface area contributed by atoms with Crippen LogP contribution in [-0.2, 0) is 0 Å². The molecule has 1 atom stereocenters. The number of nitrogens with zero attached hydrogens (tertiary/aromatic N) is 1. The normalized spacial score (nSPS) is 12.6. The molecule has 3 rings (SSSR count). The fraction of sp³-hybridized carbons (Fsp3) is 0.118. The summed E-state index contributed by atoms with van der Waals surface area (Å²) in [5, 5.41) is 12.2. The Morgan fingerprint density at radius 3 is 2.75 bits per heavy atom. The van der Waals surface area contributed by atoms with Crippen molar-refractivity contribution >= 4 is 22.5 Å². The van der Waals surface area contributed by atoms with Crippen molar-refractivity contribution in [1.29, 1.82) is 0 Å². The second kappa shape index (κ2) is 5.23. The third-order valence-electron chi connectivity index (χ3n) is 3.49. The molecule has 2 nitrogen and oxygen atoms in total. The Hall–Kier alpha value is -1.90. The molecule has 20 heavy (non-hydrogen) atoms. The Kier molecular flexibility index (Phi) is 3.43. The van der Waals surface area contributed by atoms with Gasteiger partial charge in [-0.15, -0.1) is 0 Å². The number of halogens is 1. The van der Waals surface area contributed by atoms with E-state index < -0.39 is 6.10 Å².